The lowest BCUT2D eigenvalue weighted by Crippen LogP contribution is -2.23. The van der Waals surface area contributed by atoms with E-state index in [4.69, 9.17) is 15.7 Å². The number of ether oxygens (including phenoxy) is 1. The van der Waals surface area contributed by atoms with Gasteiger partial charge in [-0.2, -0.15) is 0 Å². The Morgan fingerprint density at radius 3 is 2.86 bits per heavy atom. The lowest BCUT2D eigenvalue weighted by atomic mass is 10.1. The summed E-state index contributed by atoms with van der Waals surface area (Å²) in [6, 6.07) is 4.23. The Morgan fingerprint density at radius 2 is 2.19 bits per heavy atom. The van der Waals surface area contributed by atoms with Gasteiger partial charge in [-0.15, -0.1) is 0 Å². The van der Waals surface area contributed by atoms with Crippen molar-refractivity contribution in [2.24, 2.45) is 16.8 Å². The molecule has 5 nitrogen and oxygen atoms in total. The summed E-state index contributed by atoms with van der Waals surface area (Å²) in [7, 11) is 0. The molecule has 0 aliphatic heterocycles. The number of rotatable bonds is 9. The van der Waals surface area contributed by atoms with Gasteiger partial charge in [-0.05, 0) is 30.0 Å². The number of oxime groups is 1. The number of hydrogen-bond acceptors (Lipinski definition) is 4. The second-order valence-electron chi connectivity index (χ2n) is 5.26. The maximum atomic E-state index is 13.2. The molecule has 0 saturated heterocycles. The maximum Gasteiger partial charge on any atom is 0.170 e. The molecule has 0 fully saturated rings. The first-order valence-corrected chi connectivity index (χ1v) is 7.09. The number of nitrogens with zero attached hydrogens (tertiary/aromatic N) is 1. The van der Waals surface area contributed by atoms with Crippen molar-refractivity contribution in [2.75, 3.05) is 19.8 Å². The van der Waals surface area contributed by atoms with E-state index in [0.717, 1.165) is 18.6 Å². The van der Waals surface area contributed by atoms with Crippen LogP contribution in [0.5, 0.6) is 0 Å². The third-order valence-electron chi connectivity index (χ3n) is 3.03. The quantitative estimate of drug-likeness (QED) is 0.214. The van der Waals surface area contributed by atoms with Gasteiger partial charge in [-0.25, -0.2) is 4.39 Å². The van der Waals surface area contributed by atoms with E-state index in [-0.39, 0.29) is 5.84 Å². The van der Waals surface area contributed by atoms with Crippen LogP contribution in [-0.4, -0.2) is 30.8 Å². The van der Waals surface area contributed by atoms with Gasteiger partial charge in [0.15, 0.2) is 5.84 Å². The summed E-state index contributed by atoms with van der Waals surface area (Å²) in [5, 5.41) is 14.8. The average Bonchev–Trinajstić information content (AvgIpc) is 2.46. The van der Waals surface area contributed by atoms with Gasteiger partial charge in [0.05, 0.1) is 6.61 Å². The van der Waals surface area contributed by atoms with E-state index in [1.165, 1.54) is 12.1 Å². The van der Waals surface area contributed by atoms with Crippen LogP contribution >= 0.6 is 0 Å². The van der Waals surface area contributed by atoms with Crippen molar-refractivity contribution in [2.45, 2.75) is 26.8 Å². The molecule has 4 N–H and O–H groups in total. The van der Waals surface area contributed by atoms with Crippen LogP contribution < -0.4 is 11.1 Å². The van der Waals surface area contributed by atoms with Gasteiger partial charge in [0.25, 0.3) is 0 Å². The lowest BCUT2D eigenvalue weighted by molar-refractivity contribution is 0.125. The fourth-order valence-electron chi connectivity index (χ4n) is 1.78. The second-order valence-corrected chi connectivity index (χ2v) is 5.26. The average molecular weight is 297 g/mol. The molecule has 1 aromatic rings. The first-order chi connectivity index (χ1) is 10.0. The van der Waals surface area contributed by atoms with Crippen molar-refractivity contribution in [1.29, 1.82) is 0 Å². The smallest absolute Gasteiger partial charge is 0.170 e. The summed E-state index contributed by atoms with van der Waals surface area (Å²) < 4.78 is 18.7. The van der Waals surface area contributed by atoms with Crippen LogP contribution in [0.2, 0.25) is 0 Å². The predicted molar refractivity (Wildman–Crippen MR) is 80.9 cm³/mol. The Labute approximate surface area is 125 Å². The Bertz CT molecular complexity index is 464. The Kier molecular flexibility index (Phi) is 7.71. The van der Waals surface area contributed by atoms with Crippen molar-refractivity contribution in [3.8, 4) is 0 Å². The van der Waals surface area contributed by atoms with Crippen LogP contribution in [0.15, 0.2) is 23.4 Å². The highest BCUT2D eigenvalue weighted by Gasteiger charge is 2.08. The van der Waals surface area contributed by atoms with E-state index in [1.807, 2.05) is 0 Å². The molecule has 1 aromatic carbocycles. The zero-order chi connectivity index (χ0) is 15.7. The second kappa shape index (κ2) is 9.31. The lowest BCUT2D eigenvalue weighted by Gasteiger charge is -2.10. The normalized spacial score (nSPS) is 12.1. The molecule has 0 bridgehead atoms. The molecule has 6 heteroatoms. The summed E-state index contributed by atoms with van der Waals surface area (Å²) in [6.07, 6.45) is 1.05. The minimum atomic E-state index is -0.419. The van der Waals surface area contributed by atoms with E-state index in [2.05, 4.69) is 24.3 Å². The standard InChI is InChI=1S/C15H24FN3O2/c1-11(2)5-7-21-8-6-18-10-12-3-4-13(16)9-14(12)15(17)19-20/h3-4,9,11,18,20H,5-8,10H2,1-2H3,(H2,17,19). The van der Waals surface area contributed by atoms with E-state index in [9.17, 15) is 4.39 Å². The third-order valence-corrected chi connectivity index (χ3v) is 3.03. The highest BCUT2D eigenvalue weighted by atomic mass is 19.1. The molecular formula is C15H24FN3O2. The van der Waals surface area contributed by atoms with Gasteiger partial charge in [0.2, 0.25) is 0 Å². The summed E-state index contributed by atoms with van der Waals surface area (Å²) >= 11 is 0. The Morgan fingerprint density at radius 1 is 1.43 bits per heavy atom. The molecule has 0 aliphatic rings. The van der Waals surface area contributed by atoms with Crippen LogP contribution in [0.25, 0.3) is 0 Å². The highest BCUT2D eigenvalue weighted by Crippen LogP contribution is 2.11. The van der Waals surface area contributed by atoms with Gasteiger partial charge in [0, 0.05) is 25.3 Å². The molecule has 0 saturated carbocycles. The minimum absolute atomic E-state index is 0.0977. The van der Waals surface area contributed by atoms with Gasteiger partial charge < -0.3 is 21.0 Å². The van der Waals surface area contributed by atoms with Crippen LogP contribution in [0.1, 0.15) is 31.4 Å². The van der Waals surface area contributed by atoms with Crippen LogP contribution in [0, 0.1) is 11.7 Å². The number of nitrogens with one attached hydrogen (secondary N) is 1. The molecule has 0 heterocycles. The summed E-state index contributed by atoms with van der Waals surface area (Å²) in [5.74, 6) is 0.123. The van der Waals surface area contributed by atoms with Gasteiger partial charge >= 0.3 is 0 Å². The maximum absolute atomic E-state index is 13.2. The monoisotopic (exact) mass is 297 g/mol. The fraction of sp³-hybridized carbons (Fsp3) is 0.533. The Balaban J connectivity index is 2.38. The van der Waals surface area contributed by atoms with Gasteiger partial charge in [-0.1, -0.05) is 25.1 Å². The molecule has 0 aromatic heterocycles. The Hall–Kier alpha value is -1.66. The molecule has 0 spiro atoms. The molecule has 0 unspecified atom stereocenters. The van der Waals surface area contributed by atoms with E-state index in [0.29, 0.717) is 31.2 Å². The van der Waals surface area contributed by atoms with Crippen molar-refractivity contribution in [3.63, 3.8) is 0 Å². The van der Waals surface area contributed by atoms with Crippen molar-refractivity contribution < 1.29 is 14.3 Å². The van der Waals surface area contributed by atoms with E-state index in [1.54, 1.807) is 6.07 Å². The van der Waals surface area contributed by atoms with E-state index >= 15 is 0 Å². The van der Waals surface area contributed by atoms with E-state index < -0.39 is 5.82 Å². The van der Waals surface area contributed by atoms with Crippen molar-refractivity contribution in [3.05, 3.63) is 35.1 Å². The molecule has 118 valence electrons. The topological polar surface area (TPSA) is 79.9 Å². The zero-order valence-electron chi connectivity index (χ0n) is 12.6. The number of halogens is 1. The fourth-order valence-corrected chi connectivity index (χ4v) is 1.78. The summed E-state index contributed by atoms with van der Waals surface area (Å²) in [5.41, 5.74) is 6.71. The van der Waals surface area contributed by atoms with Gasteiger partial charge in [0.1, 0.15) is 5.82 Å². The molecular weight excluding hydrogens is 273 g/mol. The molecule has 0 amide bonds. The zero-order valence-corrected chi connectivity index (χ0v) is 12.6. The predicted octanol–water partition coefficient (Wildman–Crippen LogP) is 2.07. The molecule has 0 aliphatic carbocycles. The molecule has 0 atom stereocenters. The minimum Gasteiger partial charge on any atom is -0.409 e. The number of amidine groups is 1. The first-order valence-electron chi connectivity index (χ1n) is 7.09. The number of hydrogen-bond donors (Lipinski definition) is 3. The van der Waals surface area contributed by atoms with Crippen molar-refractivity contribution in [1.82, 2.24) is 5.32 Å². The number of benzene rings is 1. The molecule has 21 heavy (non-hydrogen) atoms. The molecule has 0 radical (unpaired) electrons. The summed E-state index contributed by atoms with van der Waals surface area (Å²) in [6.45, 7) is 6.87. The van der Waals surface area contributed by atoms with Crippen LogP contribution in [-0.2, 0) is 11.3 Å². The van der Waals surface area contributed by atoms with Crippen LogP contribution in [0.4, 0.5) is 4.39 Å². The van der Waals surface area contributed by atoms with Crippen molar-refractivity contribution >= 4 is 5.84 Å². The number of nitrogens with two attached hydrogens (primary N) is 1. The SMILES string of the molecule is CC(C)CCOCCNCc1ccc(F)cc1C(N)=NO. The third kappa shape index (κ3) is 6.55. The van der Waals surface area contributed by atoms with Crippen LogP contribution in [0.3, 0.4) is 0 Å². The summed E-state index contributed by atoms with van der Waals surface area (Å²) in [4.78, 5) is 0. The largest absolute Gasteiger partial charge is 0.409 e. The molecule has 1 rings (SSSR count). The van der Waals surface area contributed by atoms with Gasteiger partial charge in [-0.3, -0.25) is 0 Å². The first kappa shape index (κ1) is 17.4. The highest BCUT2D eigenvalue weighted by molar-refractivity contribution is 5.98.